The van der Waals surface area contributed by atoms with E-state index in [0.717, 1.165) is 28.1 Å². The third-order valence-electron chi connectivity index (χ3n) is 3.35. The van der Waals surface area contributed by atoms with Crippen LogP contribution in [0.2, 0.25) is 0 Å². The molecular weight excluding hydrogens is 405 g/mol. The summed E-state index contributed by atoms with van der Waals surface area (Å²) in [5, 5.41) is 12.8. The SMILES string of the molecule is COc1ccc(NC(N)=NCc2cc(C)c(O)c(C)c2)cc1.I. The molecule has 4 N–H and O–H groups in total. The van der Waals surface area contributed by atoms with Crippen molar-refractivity contribution in [1.29, 1.82) is 0 Å². The Kier molecular flexibility index (Phi) is 7.15. The van der Waals surface area contributed by atoms with Gasteiger partial charge in [0.2, 0.25) is 0 Å². The Bertz CT molecular complexity index is 662. The summed E-state index contributed by atoms with van der Waals surface area (Å²) in [7, 11) is 1.62. The summed E-state index contributed by atoms with van der Waals surface area (Å²) in [5.41, 5.74) is 9.42. The molecule has 6 heteroatoms. The van der Waals surface area contributed by atoms with Gasteiger partial charge in [-0.3, -0.25) is 0 Å². The summed E-state index contributed by atoms with van der Waals surface area (Å²) < 4.78 is 5.10. The van der Waals surface area contributed by atoms with E-state index in [1.807, 2.05) is 50.2 Å². The van der Waals surface area contributed by atoms with Gasteiger partial charge in [-0.15, -0.1) is 24.0 Å². The van der Waals surface area contributed by atoms with Gasteiger partial charge in [-0.1, -0.05) is 12.1 Å². The number of nitrogens with one attached hydrogen (secondary N) is 1. The van der Waals surface area contributed by atoms with Gasteiger partial charge in [0.05, 0.1) is 13.7 Å². The van der Waals surface area contributed by atoms with E-state index >= 15 is 0 Å². The van der Waals surface area contributed by atoms with Crippen molar-refractivity contribution in [1.82, 2.24) is 0 Å². The van der Waals surface area contributed by atoms with Crippen LogP contribution in [-0.4, -0.2) is 18.2 Å². The van der Waals surface area contributed by atoms with E-state index in [0.29, 0.717) is 18.3 Å². The molecule has 0 amide bonds. The highest BCUT2D eigenvalue weighted by Gasteiger charge is 2.03. The molecule has 124 valence electrons. The summed E-state index contributed by atoms with van der Waals surface area (Å²) in [5.74, 6) is 1.46. The highest BCUT2D eigenvalue weighted by Crippen LogP contribution is 2.23. The third-order valence-corrected chi connectivity index (χ3v) is 3.35. The summed E-state index contributed by atoms with van der Waals surface area (Å²) in [4.78, 5) is 4.31. The van der Waals surface area contributed by atoms with Crippen LogP contribution in [0, 0.1) is 13.8 Å². The first-order chi connectivity index (χ1) is 10.5. The molecule has 0 bridgehead atoms. The van der Waals surface area contributed by atoms with Crippen molar-refractivity contribution in [2.75, 3.05) is 12.4 Å². The Labute approximate surface area is 153 Å². The standard InChI is InChI=1S/C17H21N3O2.HI/c1-11-8-13(9-12(2)16(11)21)10-19-17(18)20-14-4-6-15(22-3)7-5-14;/h4-9,21H,10H2,1-3H3,(H3,18,19,20);1H. The number of methoxy groups -OCH3 is 1. The fourth-order valence-electron chi connectivity index (χ4n) is 2.18. The van der Waals surface area contributed by atoms with Crippen LogP contribution in [0.4, 0.5) is 5.69 Å². The first-order valence-corrected chi connectivity index (χ1v) is 6.99. The molecule has 0 saturated heterocycles. The minimum absolute atomic E-state index is 0. The third kappa shape index (κ3) is 5.31. The number of rotatable bonds is 4. The van der Waals surface area contributed by atoms with Crippen molar-refractivity contribution in [2.24, 2.45) is 10.7 Å². The van der Waals surface area contributed by atoms with Gasteiger partial charge in [0.25, 0.3) is 0 Å². The van der Waals surface area contributed by atoms with Gasteiger partial charge in [-0.25, -0.2) is 4.99 Å². The van der Waals surface area contributed by atoms with E-state index in [9.17, 15) is 5.11 Å². The molecule has 0 saturated carbocycles. The van der Waals surface area contributed by atoms with Crippen molar-refractivity contribution in [3.63, 3.8) is 0 Å². The van der Waals surface area contributed by atoms with Crippen LogP contribution in [-0.2, 0) is 6.54 Å². The number of phenols is 1. The number of nitrogens with zero attached hydrogens (tertiary/aromatic N) is 1. The van der Waals surface area contributed by atoms with Crippen LogP contribution in [0.1, 0.15) is 16.7 Å². The lowest BCUT2D eigenvalue weighted by Crippen LogP contribution is -2.22. The highest BCUT2D eigenvalue weighted by molar-refractivity contribution is 14.0. The van der Waals surface area contributed by atoms with E-state index in [2.05, 4.69) is 10.3 Å². The van der Waals surface area contributed by atoms with Gasteiger partial charge in [0, 0.05) is 5.69 Å². The van der Waals surface area contributed by atoms with Crippen molar-refractivity contribution in [2.45, 2.75) is 20.4 Å². The van der Waals surface area contributed by atoms with Gasteiger partial charge >= 0.3 is 0 Å². The molecule has 23 heavy (non-hydrogen) atoms. The van der Waals surface area contributed by atoms with E-state index in [4.69, 9.17) is 10.5 Å². The number of ether oxygens (including phenoxy) is 1. The van der Waals surface area contributed by atoms with Crippen molar-refractivity contribution >= 4 is 35.6 Å². The quantitative estimate of drug-likeness (QED) is 0.396. The average Bonchev–Trinajstić information content (AvgIpc) is 2.51. The van der Waals surface area contributed by atoms with Gasteiger partial charge in [-0.05, 0) is 54.8 Å². The fourth-order valence-corrected chi connectivity index (χ4v) is 2.18. The zero-order valence-electron chi connectivity index (χ0n) is 13.5. The number of halogens is 1. The molecular formula is C17H22IN3O2. The number of aromatic hydroxyl groups is 1. The lowest BCUT2D eigenvalue weighted by molar-refractivity contribution is 0.415. The monoisotopic (exact) mass is 427 g/mol. The van der Waals surface area contributed by atoms with Crippen LogP contribution < -0.4 is 15.8 Å². The molecule has 0 aliphatic rings. The first-order valence-electron chi connectivity index (χ1n) is 6.99. The summed E-state index contributed by atoms with van der Waals surface area (Å²) >= 11 is 0. The molecule has 0 aliphatic heterocycles. The normalized spacial score (nSPS) is 10.8. The van der Waals surface area contributed by atoms with Gasteiger partial charge in [0.15, 0.2) is 5.96 Å². The maximum absolute atomic E-state index is 9.76. The summed E-state index contributed by atoms with van der Waals surface area (Å²) in [6.07, 6.45) is 0. The lowest BCUT2D eigenvalue weighted by Gasteiger charge is -2.08. The second-order valence-electron chi connectivity index (χ2n) is 5.13. The lowest BCUT2D eigenvalue weighted by atomic mass is 10.1. The highest BCUT2D eigenvalue weighted by atomic mass is 127. The van der Waals surface area contributed by atoms with E-state index in [-0.39, 0.29) is 24.0 Å². The molecule has 0 unspecified atom stereocenters. The maximum Gasteiger partial charge on any atom is 0.193 e. The Balaban J connectivity index is 0.00000264. The topological polar surface area (TPSA) is 79.9 Å². The number of benzene rings is 2. The molecule has 2 aromatic carbocycles. The molecule has 0 fully saturated rings. The van der Waals surface area contributed by atoms with Crippen LogP contribution in [0.15, 0.2) is 41.4 Å². The number of aryl methyl sites for hydroxylation is 2. The van der Waals surface area contributed by atoms with Gasteiger partial charge in [-0.2, -0.15) is 0 Å². The maximum atomic E-state index is 9.76. The molecule has 0 atom stereocenters. The van der Waals surface area contributed by atoms with Crippen LogP contribution in [0.5, 0.6) is 11.5 Å². The van der Waals surface area contributed by atoms with Gasteiger partial charge in [0.1, 0.15) is 11.5 Å². The number of nitrogens with two attached hydrogens (primary N) is 1. The number of phenolic OH excluding ortho intramolecular Hbond substituents is 1. The first kappa shape index (κ1) is 19.1. The number of hydrogen-bond acceptors (Lipinski definition) is 3. The van der Waals surface area contributed by atoms with Crippen molar-refractivity contribution in [3.8, 4) is 11.5 Å². The van der Waals surface area contributed by atoms with Crippen LogP contribution in [0.25, 0.3) is 0 Å². The van der Waals surface area contributed by atoms with Crippen LogP contribution >= 0.6 is 24.0 Å². The van der Waals surface area contributed by atoms with Gasteiger partial charge < -0.3 is 20.9 Å². The van der Waals surface area contributed by atoms with Crippen LogP contribution in [0.3, 0.4) is 0 Å². The molecule has 0 spiro atoms. The zero-order chi connectivity index (χ0) is 16.1. The molecule has 0 radical (unpaired) electrons. The molecule has 5 nitrogen and oxygen atoms in total. The Morgan fingerprint density at radius 1 is 1.17 bits per heavy atom. The number of aliphatic imine (C=N–C) groups is 1. The predicted octanol–water partition coefficient (Wildman–Crippen LogP) is 3.56. The molecule has 2 rings (SSSR count). The number of hydrogen-bond donors (Lipinski definition) is 3. The van der Waals surface area contributed by atoms with E-state index < -0.39 is 0 Å². The van der Waals surface area contributed by atoms with Crippen molar-refractivity contribution in [3.05, 3.63) is 53.1 Å². The number of anilines is 1. The zero-order valence-corrected chi connectivity index (χ0v) is 15.8. The minimum atomic E-state index is 0. The summed E-state index contributed by atoms with van der Waals surface area (Å²) in [6, 6.07) is 11.3. The largest absolute Gasteiger partial charge is 0.507 e. The Hall–Kier alpha value is -1.96. The fraction of sp³-hybridized carbons (Fsp3) is 0.235. The molecule has 2 aromatic rings. The van der Waals surface area contributed by atoms with E-state index in [1.54, 1.807) is 7.11 Å². The second kappa shape index (κ2) is 8.61. The molecule has 0 aliphatic carbocycles. The minimum Gasteiger partial charge on any atom is -0.507 e. The smallest absolute Gasteiger partial charge is 0.193 e. The average molecular weight is 427 g/mol. The summed E-state index contributed by atoms with van der Waals surface area (Å²) in [6.45, 7) is 4.19. The van der Waals surface area contributed by atoms with Crippen molar-refractivity contribution < 1.29 is 9.84 Å². The number of guanidine groups is 1. The Morgan fingerprint density at radius 2 is 1.74 bits per heavy atom. The predicted molar refractivity (Wildman–Crippen MR) is 105 cm³/mol. The molecule has 0 aromatic heterocycles. The van der Waals surface area contributed by atoms with E-state index in [1.165, 1.54) is 0 Å². The molecule has 0 heterocycles. The second-order valence-corrected chi connectivity index (χ2v) is 5.13. The Morgan fingerprint density at radius 3 is 2.26 bits per heavy atom.